The van der Waals surface area contributed by atoms with Crippen LogP contribution in [0.2, 0.25) is 0 Å². The second kappa shape index (κ2) is 2.71. The number of ether oxygens (including phenoxy) is 2. The van der Waals surface area contributed by atoms with Gasteiger partial charge in [0.15, 0.2) is 0 Å². The van der Waals surface area contributed by atoms with E-state index in [0.29, 0.717) is 18.1 Å². The fraction of sp³-hybridized carbons (Fsp3) is 1.00. The SMILES string of the molecule is COC1C2C3C[C@@H](OC)[C@H]1CC[C@@H]32. The number of rotatable bonds is 2. The Balaban J connectivity index is 1.85. The lowest BCUT2D eigenvalue weighted by Crippen LogP contribution is -2.41. The van der Waals surface area contributed by atoms with Crippen LogP contribution in [0.4, 0.5) is 0 Å². The minimum atomic E-state index is 0.485. The standard InChI is InChI=1S/C11H18O2/c1-12-9-5-8-6-3-4-7(9)11(13-2)10(6)8/h6-11H,3-5H2,1-2H3/t6-,7+,8?,9+,10?,11?/m0/s1. The van der Waals surface area contributed by atoms with Gasteiger partial charge >= 0.3 is 0 Å². The average molecular weight is 182 g/mol. The number of hydrogen-bond donors (Lipinski definition) is 0. The molecule has 2 nitrogen and oxygen atoms in total. The Morgan fingerprint density at radius 3 is 2.38 bits per heavy atom. The molecule has 0 N–H and O–H groups in total. The molecular formula is C11H18O2. The molecule has 0 aromatic heterocycles. The molecule has 3 fully saturated rings. The second-order valence-electron chi connectivity index (χ2n) is 4.86. The molecule has 2 bridgehead atoms. The Kier molecular flexibility index (Phi) is 1.72. The van der Waals surface area contributed by atoms with Crippen LogP contribution in [0.15, 0.2) is 0 Å². The second-order valence-corrected chi connectivity index (χ2v) is 4.86. The topological polar surface area (TPSA) is 18.5 Å². The molecule has 2 heteroatoms. The Morgan fingerprint density at radius 1 is 0.923 bits per heavy atom. The van der Waals surface area contributed by atoms with Gasteiger partial charge in [0, 0.05) is 20.1 Å². The summed E-state index contributed by atoms with van der Waals surface area (Å²) in [5.41, 5.74) is 0. The van der Waals surface area contributed by atoms with Gasteiger partial charge in [0.1, 0.15) is 0 Å². The molecule has 0 heterocycles. The number of hydrogen-bond acceptors (Lipinski definition) is 2. The van der Waals surface area contributed by atoms with Crippen molar-refractivity contribution in [3.8, 4) is 0 Å². The third kappa shape index (κ3) is 0.962. The van der Waals surface area contributed by atoms with E-state index in [4.69, 9.17) is 9.47 Å². The van der Waals surface area contributed by atoms with Crippen molar-refractivity contribution in [2.45, 2.75) is 31.5 Å². The van der Waals surface area contributed by atoms with Gasteiger partial charge in [-0.05, 0) is 37.0 Å². The van der Waals surface area contributed by atoms with Gasteiger partial charge in [-0.25, -0.2) is 0 Å². The van der Waals surface area contributed by atoms with E-state index in [1.165, 1.54) is 19.3 Å². The predicted octanol–water partition coefficient (Wildman–Crippen LogP) is 1.69. The zero-order chi connectivity index (χ0) is 9.00. The van der Waals surface area contributed by atoms with Crippen LogP contribution in [-0.2, 0) is 9.47 Å². The molecule has 3 unspecified atom stereocenters. The monoisotopic (exact) mass is 182 g/mol. The van der Waals surface area contributed by atoms with Crippen LogP contribution in [-0.4, -0.2) is 26.4 Å². The van der Waals surface area contributed by atoms with Crippen LogP contribution < -0.4 is 0 Å². The lowest BCUT2D eigenvalue weighted by Gasteiger charge is -2.37. The van der Waals surface area contributed by atoms with Crippen LogP contribution in [0.5, 0.6) is 0 Å². The molecule has 0 spiro atoms. The summed E-state index contributed by atoms with van der Waals surface area (Å²) in [5, 5.41) is 0. The van der Waals surface area contributed by atoms with Crippen LogP contribution >= 0.6 is 0 Å². The summed E-state index contributed by atoms with van der Waals surface area (Å²) in [7, 11) is 3.72. The molecule has 6 atom stereocenters. The van der Waals surface area contributed by atoms with E-state index in [1.54, 1.807) is 0 Å². The summed E-state index contributed by atoms with van der Waals surface area (Å²) in [4.78, 5) is 0. The molecule has 74 valence electrons. The largest absolute Gasteiger partial charge is 0.381 e. The van der Waals surface area contributed by atoms with E-state index >= 15 is 0 Å². The van der Waals surface area contributed by atoms with Crippen molar-refractivity contribution >= 4 is 0 Å². The van der Waals surface area contributed by atoms with Crippen molar-refractivity contribution < 1.29 is 9.47 Å². The van der Waals surface area contributed by atoms with E-state index in [2.05, 4.69) is 0 Å². The molecule has 0 radical (unpaired) electrons. The number of methoxy groups -OCH3 is 2. The maximum atomic E-state index is 5.63. The van der Waals surface area contributed by atoms with E-state index in [0.717, 1.165) is 17.8 Å². The van der Waals surface area contributed by atoms with Gasteiger partial charge in [-0.15, -0.1) is 0 Å². The fourth-order valence-electron chi connectivity index (χ4n) is 3.98. The molecule has 0 aromatic rings. The van der Waals surface area contributed by atoms with Gasteiger partial charge in [0.05, 0.1) is 12.2 Å². The van der Waals surface area contributed by atoms with Gasteiger partial charge < -0.3 is 9.47 Å². The minimum Gasteiger partial charge on any atom is -0.381 e. The molecular weight excluding hydrogens is 164 g/mol. The smallest absolute Gasteiger partial charge is 0.0657 e. The highest BCUT2D eigenvalue weighted by atomic mass is 16.5. The first kappa shape index (κ1) is 8.25. The molecule has 0 amide bonds. The first-order valence-electron chi connectivity index (χ1n) is 5.42. The Labute approximate surface area is 79.6 Å². The predicted molar refractivity (Wildman–Crippen MR) is 49.4 cm³/mol. The van der Waals surface area contributed by atoms with Crippen molar-refractivity contribution in [2.24, 2.45) is 23.7 Å². The van der Waals surface area contributed by atoms with E-state index in [9.17, 15) is 0 Å². The first-order valence-corrected chi connectivity index (χ1v) is 5.42. The van der Waals surface area contributed by atoms with Gasteiger partial charge in [-0.3, -0.25) is 0 Å². The molecule has 3 aliphatic rings. The summed E-state index contributed by atoms with van der Waals surface area (Å²) in [5.74, 6) is 3.51. The van der Waals surface area contributed by atoms with Crippen LogP contribution in [0.1, 0.15) is 19.3 Å². The van der Waals surface area contributed by atoms with E-state index in [-0.39, 0.29) is 0 Å². The molecule has 3 rings (SSSR count). The Bertz CT molecular complexity index is 216. The van der Waals surface area contributed by atoms with E-state index in [1.807, 2.05) is 14.2 Å². The van der Waals surface area contributed by atoms with Gasteiger partial charge in [0.2, 0.25) is 0 Å². The normalized spacial score (nSPS) is 57.7. The molecule has 0 saturated heterocycles. The summed E-state index contributed by atoms with van der Waals surface area (Å²) >= 11 is 0. The van der Waals surface area contributed by atoms with Crippen molar-refractivity contribution in [3.63, 3.8) is 0 Å². The summed E-state index contributed by atoms with van der Waals surface area (Å²) in [6, 6.07) is 0. The van der Waals surface area contributed by atoms with Crippen LogP contribution in [0.25, 0.3) is 0 Å². The van der Waals surface area contributed by atoms with Crippen molar-refractivity contribution in [1.29, 1.82) is 0 Å². The van der Waals surface area contributed by atoms with Crippen molar-refractivity contribution in [1.82, 2.24) is 0 Å². The van der Waals surface area contributed by atoms with Crippen molar-refractivity contribution in [3.05, 3.63) is 0 Å². The fourth-order valence-corrected chi connectivity index (χ4v) is 3.98. The zero-order valence-corrected chi connectivity index (χ0v) is 8.40. The molecule has 3 aliphatic carbocycles. The lowest BCUT2D eigenvalue weighted by molar-refractivity contribution is -0.0777. The van der Waals surface area contributed by atoms with Gasteiger partial charge in [0.25, 0.3) is 0 Å². The highest BCUT2D eigenvalue weighted by Crippen LogP contribution is 2.64. The quantitative estimate of drug-likeness (QED) is 0.647. The maximum absolute atomic E-state index is 5.63. The summed E-state index contributed by atoms with van der Waals surface area (Å²) in [6.07, 6.45) is 5.06. The summed E-state index contributed by atoms with van der Waals surface area (Å²) < 4.78 is 11.2. The summed E-state index contributed by atoms with van der Waals surface area (Å²) in [6.45, 7) is 0. The average Bonchev–Trinajstić information content (AvgIpc) is 2.90. The van der Waals surface area contributed by atoms with Crippen molar-refractivity contribution in [2.75, 3.05) is 14.2 Å². The number of fused-ring (bicyclic) bond motifs is 2. The molecule has 0 aromatic carbocycles. The Morgan fingerprint density at radius 2 is 1.69 bits per heavy atom. The van der Waals surface area contributed by atoms with E-state index < -0.39 is 0 Å². The lowest BCUT2D eigenvalue weighted by atomic mass is 9.79. The third-order valence-electron chi connectivity index (χ3n) is 4.59. The van der Waals surface area contributed by atoms with Crippen LogP contribution in [0, 0.1) is 23.7 Å². The third-order valence-corrected chi connectivity index (χ3v) is 4.59. The minimum absolute atomic E-state index is 0.485. The highest BCUT2D eigenvalue weighted by Gasteiger charge is 2.63. The zero-order valence-electron chi connectivity index (χ0n) is 8.40. The molecule has 3 saturated carbocycles. The molecule has 13 heavy (non-hydrogen) atoms. The first-order chi connectivity index (χ1) is 6.36. The molecule has 0 aliphatic heterocycles. The highest BCUT2D eigenvalue weighted by molar-refractivity contribution is 5.12. The van der Waals surface area contributed by atoms with Gasteiger partial charge in [-0.1, -0.05) is 0 Å². The van der Waals surface area contributed by atoms with Crippen LogP contribution in [0.3, 0.4) is 0 Å². The Hall–Kier alpha value is -0.0800. The van der Waals surface area contributed by atoms with Gasteiger partial charge in [-0.2, -0.15) is 0 Å². The maximum Gasteiger partial charge on any atom is 0.0657 e.